The molecule has 1 heterocycles. The van der Waals surface area contributed by atoms with E-state index in [2.05, 4.69) is 4.90 Å². The maximum atomic E-state index is 13.2. The predicted molar refractivity (Wildman–Crippen MR) is 117 cm³/mol. The molecule has 0 unspecified atom stereocenters. The van der Waals surface area contributed by atoms with Crippen LogP contribution >= 0.6 is 0 Å². The molecule has 1 fully saturated rings. The third kappa shape index (κ3) is 4.06. The lowest BCUT2D eigenvalue weighted by Gasteiger charge is -2.36. The quantitative estimate of drug-likeness (QED) is 0.675. The lowest BCUT2D eigenvalue weighted by Crippen LogP contribution is -2.49. The fourth-order valence-corrected chi connectivity index (χ4v) is 3.73. The Labute approximate surface area is 176 Å². The van der Waals surface area contributed by atoms with Crippen molar-refractivity contribution in [2.45, 2.75) is 6.92 Å². The van der Waals surface area contributed by atoms with Gasteiger partial charge in [0.1, 0.15) is 5.75 Å². The summed E-state index contributed by atoms with van der Waals surface area (Å²) >= 11 is 0. The SMILES string of the molecule is Cc1ccc(C(=O)c2ccccc2C(=O)N2CCN(c3ccc(O)cc3)CC2)cc1. The molecule has 0 bridgehead atoms. The van der Waals surface area contributed by atoms with E-state index >= 15 is 0 Å². The number of amides is 1. The normalized spacial score (nSPS) is 13.9. The van der Waals surface area contributed by atoms with E-state index in [9.17, 15) is 14.7 Å². The van der Waals surface area contributed by atoms with E-state index in [1.165, 1.54) is 0 Å². The molecule has 1 N–H and O–H groups in total. The first-order valence-electron chi connectivity index (χ1n) is 10.1. The molecule has 0 aliphatic carbocycles. The highest BCUT2D eigenvalue weighted by Crippen LogP contribution is 2.22. The Bertz CT molecular complexity index is 1050. The van der Waals surface area contributed by atoms with E-state index in [1.807, 2.05) is 31.2 Å². The number of carbonyl (C=O) groups excluding carboxylic acids is 2. The van der Waals surface area contributed by atoms with E-state index < -0.39 is 0 Å². The number of hydrogen-bond donors (Lipinski definition) is 1. The van der Waals surface area contributed by atoms with Gasteiger partial charge in [-0.3, -0.25) is 9.59 Å². The Kier molecular flexibility index (Phi) is 5.53. The summed E-state index contributed by atoms with van der Waals surface area (Å²) in [5.74, 6) is -0.0134. The fourth-order valence-electron chi connectivity index (χ4n) is 3.73. The van der Waals surface area contributed by atoms with Gasteiger partial charge in [-0.2, -0.15) is 0 Å². The molecule has 0 spiro atoms. The Morgan fingerprint density at radius 3 is 2.00 bits per heavy atom. The summed E-state index contributed by atoms with van der Waals surface area (Å²) in [5.41, 5.74) is 3.57. The van der Waals surface area contributed by atoms with Crippen LogP contribution in [0.3, 0.4) is 0 Å². The van der Waals surface area contributed by atoms with Crippen LogP contribution in [-0.2, 0) is 0 Å². The topological polar surface area (TPSA) is 60.9 Å². The minimum atomic E-state index is -0.137. The monoisotopic (exact) mass is 400 g/mol. The maximum Gasteiger partial charge on any atom is 0.254 e. The largest absolute Gasteiger partial charge is 0.508 e. The highest BCUT2D eigenvalue weighted by molar-refractivity contribution is 6.15. The van der Waals surface area contributed by atoms with Gasteiger partial charge < -0.3 is 14.9 Å². The maximum absolute atomic E-state index is 13.2. The van der Waals surface area contributed by atoms with E-state index in [-0.39, 0.29) is 17.4 Å². The van der Waals surface area contributed by atoms with E-state index in [4.69, 9.17) is 0 Å². The van der Waals surface area contributed by atoms with E-state index in [0.717, 1.165) is 11.3 Å². The van der Waals surface area contributed by atoms with Crippen LogP contribution in [0, 0.1) is 6.92 Å². The average molecular weight is 400 g/mol. The number of piperazine rings is 1. The van der Waals surface area contributed by atoms with Crippen molar-refractivity contribution in [1.29, 1.82) is 0 Å². The second-order valence-corrected chi connectivity index (χ2v) is 7.54. The summed E-state index contributed by atoms with van der Waals surface area (Å²) in [6.07, 6.45) is 0. The first-order valence-corrected chi connectivity index (χ1v) is 10.1. The van der Waals surface area contributed by atoms with Crippen LogP contribution in [0.4, 0.5) is 5.69 Å². The molecule has 5 heteroatoms. The Morgan fingerprint density at radius 1 is 0.767 bits per heavy atom. The molecule has 3 aromatic carbocycles. The van der Waals surface area contributed by atoms with Crippen LogP contribution in [0.25, 0.3) is 0 Å². The third-order valence-corrected chi connectivity index (χ3v) is 5.50. The van der Waals surface area contributed by atoms with E-state index in [0.29, 0.717) is 42.9 Å². The highest BCUT2D eigenvalue weighted by Gasteiger charge is 2.25. The van der Waals surface area contributed by atoms with Crippen molar-refractivity contribution >= 4 is 17.4 Å². The molecule has 4 rings (SSSR count). The number of anilines is 1. The van der Waals surface area contributed by atoms with Crippen LogP contribution in [-0.4, -0.2) is 47.9 Å². The van der Waals surface area contributed by atoms with Crippen LogP contribution in [0.5, 0.6) is 5.75 Å². The van der Waals surface area contributed by atoms with Gasteiger partial charge in [-0.05, 0) is 37.3 Å². The molecule has 5 nitrogen and oxygen atoms in total. The molecule has 1 saturated heterocycles. The minimum absolute atomic E-state index is 0.114. The zero-order valence-electron chi connectivity index (χ0n) is 16.9. The van der Waals surface area contributed by atoms with Gasteiger partial charge in [0.15, 0.2) is 5.78 Å². The van der Waals surface area contributed by atoms with Crippen LogP contribution in [0.1, 0.15) is 31.8 Å². The third-order valence-electron chi connectivity index (χ3n) is 5.50. The fraction of sp³-hybridized carbons (Fsp3) is 0.200. The summed E-state index contributed by atoms with van der Waals surface area (Å²) in [4.78, 5) is 30.2. The van der Waals surface area contributed by atoms with Gasteiger partial charge in [-0.15, -0.1) is 0 Å². The average Bonchev–Trinajstić information content (AvgIpc) is 2.79. The summed E-state index contributed by atoms with van der Waals surface area (Å²) in [7, 11) is 0. The predicted octanol–water partition coefficient (Wildman–Crippen LogP) is 3.89. The van der Waals surface area contributed by atoms with Gasteiger partial charge in [0.25, 0.3) is 5.91 Å². The van der Waals surface area contributed by atoms with Gasteiger partial charge in [0.2, 0.25) is 0 Å². The van der Waals surface area contributed by atoms with Crippen LogP contribution < -0.4 is 4.90 Å². The molecule has 0 saturated carbocycles. The van der Waals surface area contributed by atoms with Crippen LogP contribution in [0.2, 0.25) is 0 Å². The van der Waals surface area contributed by atoms with Crippen molar-refractivity contribution in [3.63, 3.8) is 0 Å². The molecule has 152 valence electrons. The van der Waals surface area contributed by atoms with Crippen molar-refractivity contribution in [3.8, 4) is 5.75 Å². The van der Waals surface area contributed by atoms with Gasteiger partial charge in [0, 0.05) is 43.0 Å². The number of benzene rings is 3. The number of rotatable bonds is 4. The number of carbonyl (C=O) groups is 2. The molecular formula is C25H24N2O3. The first kappa shape index (κ1) is 19.7. The molecule has 1 aliphatic rings. The molecule has 1 amide bonds. The van der Waals surface area contributed by atoms with Crippen molar-refractivity contribution in [2.75, 3.05) is 31.1 Å². The second-order valence-electron chi connectivity index (χ2n) is 7.54. The molecule has 0 radical (unpaired) electrons. The number of ketones is 1. The molecular weight excluding hydrogens is 376 g/mol. The lowest BCUT2D eigenvalue weighted by atomic mass is 9.97. The van der Waals surface area contributed by atoms with Gasteiger partial charge in [-0.1, -0.05) is 48.0 Å². The lowest BCUT2D eigenvalue weighted by molar-refractivity contribution is 0.0742. The molecule has 0 atom stereocenters. The summed E-state index contributed by atoms with van der Waals surface area (Å²) in [6.45, 7) is 4.53. The Balaban J connectivity index is 1.50. The summed E-state index contributed by atoms with van der Waals surface area (Å²) in [6, 6.07) is 21.5. The number of nitrogens with zero attached hydrogens (tertiary/aromatic N) is 2. The zero-order chi connectivity index (χ0) is 21.1. The summed E-state index contributed by atoms with van der Waals surface area (Å²) < 4.78 is 0. The second kappa shape index (κ2) is 8.41. The Hall–Kier alpha value is -3.60. The Morgan fingerprint density at radius 2 is 1.37 bits per heavy atom. The highest BCUT2D eigenvalue weighted by atomic mass is 16.3. The van der Waals surface area contributed by atoms with Crippen LogP contribution in [0.15, 0.2) is 72.8 Å². The number of hydrogen-bond acceptors (Lipinski definition) is 4. The standard InChI is InChI=1S/C25H24N2O3/c1-18-6-8-19(9-7-18)24(29)22-4-2-3-5-23(22)25(30)27-16-14-26(15-17-27)20-10-12-21(28)13-11-20/h2-13,28H,14-17H2,1H3. The van der Waals surface area contributed by atoms with Gasteiger partial charge >= 0.3 is 0 Å². The van der Waals surface area contributed by atoms with E-state index in [1.54, 1.807) is 53.4 Å². The van der Waals surface area contributed by atoms with Crippen molar-refractivity contribution in [3.05, 3.63) is 95.1 Å². The number of phenols is 1. The zero-order valence-corrected chi connectivity index (χ0v) is 16.9. The molecule has 0 aromatic heterocycles. The van der Waals surface area contributed by atoms with Gasteiger partial charge in [-0.25, -0.2) is 0 Å². The minimum Gasteiger partial charge on any atom is -0.508 e. The van der Waals surface area contributed by atoms with Crippen molar-refractivity contribution < 1.29 is 14.7 Å². The van der Waals surface area contributed by atoms with Crippen molar-refractivity contribution in [2.24, 2.45) is 0 Å². The molecule has 30 heavy (non-hydrogen) atoms. The number of phenolic OH excluding ortho intramolecular Hbond substituents is 1. The van der Waals surface area contributed by atoms with Crippen molar-refractivity contribution in [1.82, 2.24) is 4.90 Å². The molecule has 1 aliphatic heterocycles. The van der Waals surface area contributed by atoms with Gasteiger partial charge in [0.05, 0.1) is 5.56 Å². The number of aryl methyl sites for hydroxylation is 1. The molecule has 3 aromatic rings. The smallest absolute Gasteiger partial charge is 0.254 e. The summed E-state index contributed by atoms with van der Waals surface area (Å²) in [5, 5.41) is 9.46. The first-order chi connectivity index (χ1) is 14.5. The number of aromatic hydroxyl groups is 1.